The molecule has 2 aromatic rings. The van der Waals surface area contributed by atoms with Crippen molar-refractivity contribution in [2.75, 3.05) is 19.8 Å². The van der Waals surface area contributed by atoms with Crippen LogP contribution in [0.15, 0.2) is 48.5 Å². The van der Waals surface area contributed by atoms with Gasteiger partial charge in [-0.1, -0.05) is 24.3 Å². The van der Waals surface area contributed by atoms with Crippen molar-refractivity contribution in [3.63, 3.8) is 0 Å². The Bertz CT molecular complexity index is 624. The molecule has 0 aliphatic carbocycles. The van der Waals surface area contributed by atoms with Crippen molar-refractivity contribution < 1.29 is 24.4 Å². The quantitative estimate of drug-likeness (QED) is 0.558. The fourth-order valence-corrected chi connectivity index (χ4v) is 2.23. The minimum atomic E-state index is -0.740. The standard InChI is InChI=1S/C18H22FNO4/c19-17-9-13(6-7-18(17)23)8-14(11-21)20-10-15(22)12-24-16-4-2-1-3-5-16/h1-7,9,14-15,20-23H,8,10-12H2/t14-,15-/m0/s1. The van der Waals surface area contributed by atoms with Crippen LogP contribution in [0.4, 0.5) is 4.39 Å². The van der Waals surface area contributed by atoms with Crippen LogP contribution in [0.2, 0.25) is 0 Å². The molecule has 0 heterocycles. The Morgan fingerprint density at radius 2 is 1.88 bits per heavy atom. The number of hydrogen-bond acceptors (Lipinski definition) is 5. The zero-order valence-electron chi connectivity index (χ0n) is 13.2. The Balaban J connectivity index is 1.76. The Morgan fingerprint density at radius 1 is 1.12 bits per heavy atom. The van der Waals surface area contributed by atoms with E-state index in [-0.39, 0.29) is 25.8 Å². The predicted molar refractivity (Wildman–Crippen MR) is 88.6 cm³/mol. The number of phenols is 1. The molecule has 0 unspecified atom stereocenters. The molecule has 0 aliphatic heterocycles. The van der Waals surface area contributed by atoms with E-state index in [1.54, 1.807) is 18.2 Å². The third-order valence-electron chi connectivity index (χ3n) is 3.54. The van der Waals surface area contributed by atoms with Gasteiger partial charge in [0.15, 0.2) is 11.6 Å². The molecule has 0 spiro atoms. The molecule has 0 saturated carbocycles. The largest absolute Gasteiger partial charge is 0.505 e. The van der Waals surface area contributed by atoms with E-state index in [2.05, 4.69) is 5.32 Å². The van der Waals surface area contributed by atoms with E-state index in [4.69, 9.17) is 4.74 Å². The summed E-state index contributed by atoms with van der Waals surface area (Å²) in [5, 5.41) is 31.6. The van der Waals surface area contributed by atoms with Crippen LogP contribution in [0, 0.1) is 5.82 Å². The summed E-state index contributed by atoms with van der Waals surface area (Å²) in [6.45, 7) is 0.205. The van der Waals surface area contributed by atoms with Crippen molar-refractivity contribution in [1.29, 1.82) is 0 Å². The van der Waals surface area contributed by atoms with Crippen LogP contribution in [0.5, 0.6) is 11.5 Å². The maximum atomic E-state index is 13.3. The van der Waals surface area contributed by atoms with Gasteiger partial charge >= 0.3 is 0 Å². The molecule has 24 heavy (non-hydrogen) atoms. The second-order valence-corrected chi connectivity index (χ2v) is 5.56. The molecule has 0 aromatic heterocycles. The van der Waals surface area contributed by atoms with E-state index in [1.165, 1.54) is 12.1 Å². The number of aliphatic hydroxyl groups is 2. The van der Waals surface area contributed by atoms with Crippen molar-refractivity contribution >= 4 is 0 Å². The van der Waals surface area contributed by atoms with Gasteiger partial charge in [-0.15, -0.1) is 0 Å². The monoisotopic (exact) mass is 335 g/mol. The van der Waals surface area contributed by atoms with Crippen molar-refractivity contribution in [2.24, 2.45) is 0 Å². The fraction of sp³-hybridized carbons (Fsp3) is 0.333. The van der Waals surface area contributed by atoms with E-state index in [0.29, 0.717) is 17.7 Å². The Hall–Kier alpha value is -2.15. The smallest absolute Gasteiger partial charge is 0.165 e. The summed E-state index contributed by atoms with van der Waals surface area (Å²) in [4.78, 5) is 0. The van der Waals surface area contributed by atoms with Gasteiger partial charge in [0.1, 0.15) is 18.5 Å². The van der Waals surface area contributed by atoms with E-state index < -0.39 is 17.7 Å². The number of aliphatic hydroxyl groups excluding tert-OH is 2. The van der Waals surface area contributed by atoms with Gasteiger partial charge in [0, 0.05) is 12.6 Å². The molecule has 0 saturated heterocycles. The molecule has 2 atom stereocenters. The number of hydrogen-bond donors (Lipinski definition) is 4. The normalized spacial score (nSPS) is 13.5. The lowest BCUT2D eigenvalue weighted by atomic mass is 10.1. The van der Waals surface area contributed by atoms with Gasteiger partial charge in [-0.3, -0.25) is 0 Å². The van der Waals surface area contributed by atoms with Gasteiger partial charge in [0.25, 0.3) is 0 Å². The highest BCUT2D eigenvalue weighted by atomic mass is 19.1. The lowest BCUT2D eigenvalue weighted by molar-refractivity contribution is 0.0997. The molecule has 2 rings (SSSR count). The third-order valence-corrected chi connectivity index (χ3v) is 3.54. The minimum absolute atomic E-state index is 0.128. The number of aromatic hydroxyl groups is 1. The zero-order valence-corrected chi connectivity index (χ0v) is 13.2. The van der Waals surface area contributed by atoms with Crippen LogP contribution in [-0.2, 0) is 6.42 Å². The van der Waals surface area contributed by atoms with Crippen molar-refractivity contribution in [3.8, 4) is 11.5 Å². The summed E-state index contributed by atoms with van der Waals surface area (Å²) >= 11 is 0. The average molecular weight is 335 g/mol. The van der Waals surface area contributed by atoms with Gasteiger partial charge < -0.3 is 25.4 Å². The molecule has 130 valence electrons. The number of phenolic OH excluding ortho intramolecular Hbond substituents is 1. The number of nitrogens with one attached hydrogen (secondary N) is 1. The molecule has 5 nitrogen and oxygen atoms in total. The lowest BCUT2D eigenvalue weighted by Gasteiger charge is -2.19. The molecule has 2 aromatic carbocycles. The fourth-order valence-electron chi connectivity index (χ4n) is 2.23. The average Bonchev–Trinajstić information content (AvgIpc) is 2.60. The summed E-state index contributed by atoms with van der Waals surface area (Å²) in [5.41, 5.74) is 0.645. The van der Waals surface area contributed by atoms with Crippen LogP contribution < -0.4 is 10.1 Å². The van der Waals surface area contributed by atoms with E-state index in [9.17, 15) is 19.7 Å². The van der Waals surface area contributed by atoms with Crippen molar-refractivity contribution in [3.05, 3.63) is 59.9 Å². The van der Waals surface area contributed by atoms with E-state index in [1.807, 2.05) is 18.2 Å². The third kappa shape index (κ3) is 5.81. The zero-order chi connectivity index (χ0) is 17.4. The first-order valence-corrected chi connectivity index (χ1v) is 7.76. The minimum Gasteiger partial charge on any atom is -0.505 e. The van der Waals surface area contributed by atoms with E-state index >= 15 is 0 Å². The topological polar surface area (TPSA) is 82.0 Å². The SMILES string of the molecule is OC[C@H](Cc1ccc(O)c(F)c1)NC[C@H](O)COc1ccccc1. The number of rotatable bonds is 9. The summed E-state index contributed by atoms with van der Waals surface area (Å²) in [6.07, 6.45) is -0.365. The number of ether oxygens (including phenoxy) is 1. The molecule has 0 aliphatic rings. The first-order valence-electron chi connectivity index (χ1n) is 7.76. The molecule has 6 heteroatoms. The summed E-state index contributed by atoms with van der Waals surface area (Å²) < 4.78 is 18.8. The highest BCUT2D eigenvalue weighted by Crippen LogP contribution is 2.17. The maximum Gasteiger partial charge on any atom is 0.165 e. The second-order valence-electron chi connectivity index (χ2n) is 5.56. The lowest BCUT2D eigenvalue weighted by Crippen LogP contribution is -2.41. The molecular weight excluding hydrogens is 313 g/mol. The van der Waals surface area contributed by atoms with Crippen LogP contribution >= 0.6 is 0 Å². The van der Waals surface area contributed by atoms with Crippen LogP contribution in [-0.4, -0.2) is 47.2 Å². The first-order chi connectivity index (χ1) is 11.6. The number of benzene rings is 2. The van der Waals surface area contributed by atoms with Crippen molar-refractivity contribution in [1.82, 2.24) is 5.32 Å². The summed E-state index contributed by atoms with van der Waals surface area (Å²) in [6, 6.07) is 12.9. The number of para-hydroxylation sites is 1. The van der Waals surface area contributed by atoms with Crippen LogP contribution in [0.3, 0.4) is 0 Å². The maximum absolute atomic E-state index is 13.3. The van der Waals surface area contributed by atoms with Gasteiger partial charge in [-0.2, -0.15) is 0 Å². The van der Waals surface area contributed by atoms with Crippen LogP contribution in [0.25, 0.3) is 0 Å². The summed E-state index contributed by atoms with van der Waals surface area (Å²) in [5.74, 6) is -0.420. The van der Waals surface area contributed by atoms with Gasteiger partial charge in [0.05, 0.1) is 6.61 Å². The molecule has 0 radical (unpaired) electrons. The van der Waals surface area contributed by atoms with Crippen LogP contribution in [0.1, 0.15) is 5.56 Å². The molecular formula is C18H22FNO4. The first kappa shape index (κ1) is 18.2. The second kappa shape index (κ2) is 9.22. The number of halogens is 1. The van der Waals surface area contributed by atoms with Gasteiger partial charge in [-0.05, 0) is 36.2 Å². The van der Waals surface area contributed by atoms with Gasteiger partial charge in [-0.25, -0.2) is 4.39 Å². The highest BCUT2D eigenvalue weighted by molar-refractivity contribution is 5.28. The molecule has 0 fully saturated rings. The van der Waals surface area contributed by atoms with Gasteiger partial charge in [0.2, 0.25) is 0 Å². The molecule has 4 N–H and O–H groups in total. The Kier molecular flexibility index (Phi) is 6.99. The van der Waals surface area contributed by atoms with E-state index in [0.717, 1.165) is 0 Å². The summed E-state index contributed by atoms with van der Waals surface area (Å²) in [7, 11) is 0. The Labute approximate surface area is 140 Å². The predicted octanol–water partition coefficient (Wildman–Crippen LogP) is 1.46. The van der Waals surface area contributed by atoms with Crippen molar-refractivity contribution in [2.45, 2.75) is 18.6 Å². The molecule has 0 amide bonds. The molecule has 0 bridgehead atoms. The highest BCUT2D eigenvalue weighted by Gasteiger charge is 2.13. The Morgan fingerprint density at radius 3 is 2.54 bits per heavy atom.